The number of pyridine rings is 1. The summed E-state index contributed by atoms with van der Waals surface area (Å²) in [5, 5.41) is 8.39. The quantitative estimate of drug-likeness (QED) is 0.209. The molecule has 0 radical (unpaired) electrons. The lowest BCUT2D eigenvalue weighted by molar-refractivity contribution is 0.669. The van der Waals surface area contributed by atoms with E-state index in [-0.39, 0.29) is 0 Å². The van der Waals surface area contributed by atoms with Crippen molar-refractivity contribution < 1.29 is 4.42 Å². The fourth-order valence-corrected chi connectivity index (χ4v) is 7.36. The van der Waals surface area contributed by atoms with Crippen LogP contribution in [0.25, 0.3) is 86.2 Å². The van der Waals surface area contributed by atoms with E-state index in [1.54, 1.807) is 0 Å². The number of hydrogen-bond donors (Lipinski definition) is 0. The lowest BCUT2D eigenvalue weighted by Crippen LogP contribution is -1.91. The zero-order valence-corrected chi connectivity index (χ0v) is 22.2. The summed E-state index contributed by atoms with van der Waals surface area (Å²) in [4.78, 5) is 5.30. The Kier molecular flexibility index (Phi) is 4.52. The third-order valence-corrected chi connectivity index (χ3v) is 9.19. The maximum atomic E-state index is 6.29. The average molecular weight is 528 g/mol. The van der Waals surface area contributed by atoms with Crippen LogP contribution >= 0.6 is 11.3 Å². The van der Waals surface area contributed by atoms with Gasteiger partial charge in [0.15, 0.2) is 0 Å². The van der Waals surface area contributed by atoms with E-state index < -0.39 is 0 Å². The first kappa shape index (κ1) is 21.9. The number of para-hydroxylation sites is 1. The molecule has 0 aliphatic rings. The Morgan fingerprint density at radius 2 is 1.15 bits per heavy atom. The van der Waals surface area contributed by atoms with Gasteiger partial charge in [-0.1, -0.05) is 91.0 Å². The summed E-state index contributed by atoms with van der Waals surface area (Å²) in [6.07, 6.45) is 0. The minimum absolute atomic E-state index is 0.902. The van der Waals surface area contributed by atoms with Crippen LogP contribution in [0.4, 0.5) is 0 Å². The molecule has 0 atom stereocenters. The monoisotopic (exact) mass is 527 g/mol. The fourth-order valence-electron chi connectivity index (χ4n) is 6.21. The lowest BCUT2D eigenvalue weighted by Gasteiger charge is -2.12. The highest BCUT2D eigenvalue weighted by Crippen LogP contribution is 2.42. The molecular weight excluding hydrogens is 506 g/mol. The SMILES string of the molecule is c1ccc(-c2nc3cc(-c4ccc5c(c4)sc4ccccc45)ccc3c3c2ccc2oc4ccccc4c23)cc1. The summed E-state index contributed by atoms with van der Waals surface area (Å²) >= 11 is 1.85. The zero-order chi connectivity index (χ0) is 26.2. The van der Waals surface area contributed by atoms with Crippen LogP contribution in [0.3, 0.4) is 0 Å². The maximum absolute atomic E-state index is 6.29. The molecule has 3 heterocycles. The molecule has 6 aromatic carbocycles. The second kappa shape index (κ2) is 8.25. The van der Waals surface area contributed by atoms with E-state index in [1.807, 2.05) is 23.5 Å². The molecule has 0 N–H and O–H groups in total. The molecule has 9 rings (SSSR count). The van der Waals surface area contributed by atoms with Crippen LogP contribution in [-0.2, 0) is 0 Å². The van der Waals surface area contributed by atoms with E-state index in [1.165, 1.54) is 36.7 Å². The van der Waals surface area contributed by atoms with Gasteiger partial charge in [0.2, 0.25) is 0 Å². The molecule has 0 aliphatic carbocycles. The molecule has 3 aromatic heterocycles. The predicted molar refractivity (Wildman–Crippen MR) is 170 cm³/mol. The molecule has 0 aliphatic heterocycles. The summed E-state index contributed by atoms with van der Waals surface area (Å²) in [6.45, 7) is 0. The van der Waals surface area contributed by atoms with Crippen molar-refractivity contribution >= 4 is 75.1 Å². The first-order valence-electron chi connectivity index (χ1n) is 13.5. The van der Waals surface area contributed by atoms with Gasteiger partial charge in [-0.2, -0.15) is 0 Å². The molecule has 0 fully saturated rings. The molecule has 9 aromatic rings. The van der Waals surface area contributed by atoms with Crippen molar-refractivity contribution in [3.05, 3.63) is 127 Å². The fraction of sp³-hybridized carbons (Fsp3) is 0. The summed E-state index contributed by atoms with van der Waals surface area (Å²) in [6, 6.07) is 45.3. The second-order valence-corrected chi connectivity index (χ2v) is 11.4. The highest BCUT2D eigenvalue weighted by molar-refractivity contribution is 7.25. The third kappa shape index (κ3) is 3.13. The van der Waals surface area contributed by atoms with E-state index in [4.69, 9.17) is 9.40 Å². The van der Waals surface area contributed by atoms with Gasteiger partial charge < -0.3 is 4.42 Å². The van der Waals surface area contributed by atoms with Crippen LogP contribution in [0, 0.1) is 0 Å². The highest BCUT2D eigenvalue weighted by Gasteiger charge is 2.18. The van der Waals surface area contributed by atoms with E-state index in [0.717, 1.165) is 49.5 Å². The van der Waals surface area contributed by atoms with Crippen molar-refractivity contribution in [2.24, 2.45) is 0 Å². The van der Waals surface area contributed by atoms with E-state index in [0.29, 0.717) is 0 Å². The number of rotatable bonds is 2. The molecule has 2 nitrogen and oxygen atoms in total. The number of fused-ring (bicyclic) bond motifs is 10. The van der Waals surface area contributed by atoms with Crippen molar-refractivity contribution in [1.82, 2.24) is 4.98 Å². The van der Waals surface area contributed by atoms with Crippen LogP contribution in [0.2, 0.25) is 0 Å². The van der Waals surface area contributed by atoms with E-state index >= 15 is 0 Å². The third-order valence-electron chi connectivity index (χ3n) is 8.06. The van der Waals surface area contributed by atoms with Crippen LogP contribution in [-0.4, -0.2) is 4.98 Å². The normalized spacial score (nSPS) is 12.0. The number of thiophene rings is 1. The molecule has 0 saturated carbocycles. The smallest absolute Gasteiger partial charge is 0.136 e. The minimum Gasteiger partial charge on any atom is -0.456 e. The average Bonchev–Trinajstić information content (AvgIpc) is 3.58. The lowest BCUT2D eigenvalue weighted by atomic mass is 9.94. The number of hydrogen-bond acceptors (Lipinski definition) is 3. The molecule has 0 unspecified atom stereocenters. The van der Waals surface area contributed by atoms with Crippen molar-refractivity contribution in [3.8, 4) is 22.4 Å². The van der Waals surface area contributed by atoms with Crippen molar-refractivity contribution in [1.29, 1.82) is 0 Å². The van der Waals surface area contributed by atoms with Gasteiger partial charge in [0.25, 0.3) is 0 Å². The van der Waals surface area contributed by atoms with Crippen molar-refractivity contribution in [3.63, 3.8) is 0 Å². The van der Waals surface area contributed by atoms with Gasteiger partial charge in [-0.25, -0.2) is 4.98 Å². The maximum Gasteiger partial charge on any atom is 0.136 e. The highest BCUT2D eigenvalue weighted by atomic mass is 32.1. The van der Waals surface area contributed by atoms with Gasteiger partial charge in [0.1, 0.15) is 11.2 Å². The number of furan rings is 1. The second-order valence-electron chi connectivity index (χ2n) is 10.3. The summed E-state index contributed by atoms with van der Waals surface area (Å²) in [7, 11) is 0. The summed E-state index contributed by atoms with van der Waals surface area (Å²) in [5.74, 6) is 0. The van der Waals surface area contributed by atoms with E-state index in [9.17, 15) is 0 Å². The molecule has 0 bridgehead atoms. The Morgan fingerprint density at radius 1 is 0.450 bits per heavy atom. The first-order chi connectivity index (χ1) is 19.8. The molecule has 186 valence electrons. The van der Waals surface area contributed by atoms with Gasteiger partial charge in [-0.05, 0) is 47.5 Å². The van der Waals surface area contributed by atoms with Crippen molar-refractivity contribution in [2.75, 3.05) is 0 Å². The Labute approximate surface area is 233 Å². The zero-order valence-electron chi connectivity index (χ0n) is 21.4. The van der Waals surface area contributed by atoms with Gasteiger partial charge in [-0.15, -0.1) is 11.3 Å². The molecule has 40 heavy (non-hydrogen) atoms. The molecule has 0 spiro atoms. The minimum atomic E-state index is 0.902. The van der Waals surface area contributed by atoms with Gasteiger partial charge >= 0.3 is 0 Å². The number of nitrogens with zero attached hydrogens (tertiary/aromatic N) is 1. The number of benzene rings is 6. The Hall–Kier alpha value is -4.99. The molecule has 3 heteroatoms. The molecule has 0 saturated heterocycles. The first-order valence-corrected chi connectivity index (χ1v) is 14.3. The Bertz CT molecular complexity index is 2430. The number of aromatic nitrogens is 1. The van der Waals surface area contributed by atoms with Crippen LogP contribution in [0.1, 0.15) is 0 Å². The van der Waals surface area contributed by atoms with Crippen LogP contribution in [0.5, 0.6) is 0 Å². The van der Waals surface area contributed by atoms with Gasteiger partial charge in [0.05, 0.1) is 11.2 Å². The predicted octanol–water partition coefficient (Wildman–Crippen LogP) is 11.0. The topological polar surface area (TPSA) is 26.0 Å². The van der Waals surface area contributed by atoms with Crippen molar-refractivity contribution in [2.45, 2.75) is 0 Å². The van der Waals surface area contributed by atoms with Gasteiger partial charge in [-0.3, -0.25) is 0 Å². The summed E-state index contributed by atoms with van der Waals surface area (Å²) < 4.78 is 8.93. The molecular formula is C37H21NOS. The van der Waals surface area contributed by atoms with E-state index in [2.05, 4.69) is 115 Å². The largest absolute Gasteiger partial charge is 0.456 e. The van der Waals surface area contributed by atoms with Gasteiger partial charge in [0, 0.05) is 52.7 Å². The Balaban J connectivity index is 1.36. The Morgan fingerprint density at radius 3 is 2.05 bits per heavy atom. The standard InChI is InChI=1S/C37H21NOS/c1-2-8-22(9-3-1)37-29-18-19-32-36(28-11-4-6-12-31(28)39-32)35(29)27-17-15-23(20-30(27)38-37)24-14-16-26-25-10-5-7-13-33(25)40-34(26)21-24/h1-21H. The van der Waals surface area contributed by atoms with Crippen LogP contribution in [0.15, 0.2) is 132 Å². The van der Waals surface area contributed by atoms with Crippen LogP contribution < -0.4 is 0 Å². The summed E-state index contributed by atoms with van der Waals surface area (Å²) in [5.41, 5.74) is 7.27. The molecule has 0 amide bonds.